The SMILES string of the molecule is COc1cc(C(=O)N[C@@H]2CC[C@H](C(=O)N(C)C)C2)ccc1Nc1ncc2c(n1)N(C1CCCC1)CCC(=O)N2C. The third-order valence-electron chi connectivity index (χ3n) is 8.36. The fraction of sp³-hybridized carbons (Fsp3) is 0.552. The third kappa shape index (κ3) is 5.68. The van der Waals surface area contributed by atoms with Crippen molar-refractivity contribution in [1.82, 2.24) is 20.2 Å². The topological polar surface area (TPSA) is 120 Å². The van der Waals surface area contributed by atoms with E-state index in [0.29, 0.717) is 54.1 Å². The first-order valence-electron chi connectivity index (χ1n) is 14.1. The van der Waals surface area contributed by atoms with Gasteiger partial charge in [-0.05, 0) is 50.3 Å². The van der Waals surface area contributed by atoms with Crippen molar-refractivity contribution in [3.63, 3.8) is 0 Å². The molecule has 2 fully saturated rings. The highest BCUT2D eigenvalue weighted by Crippen LogP contribution is 2.37. The quantitative estimate of drug-likeness (QED) is 0.540. The van der Waals surface area contributed by atoms with Crippen molar-refractivity contribution in [1.29, 1.82) is 0 Å². The maximum Gasteiger partial charge on any atom is 0.251 e. The largest absolute Gasteiger partial charge is 0.495 e. The molecular formula is C29H39N7O4. The Labute approximate surface area is 235 Å². The molecule has 0 saturated heterocycles. The van der Waals surface area contributed by atoms with Gasteiger partial charge in [0.1, 0.15) is 11.4 Å². The van der Waals surface area contributed by atoms with Crippen LogP contribution in [0.4, 0.5) is 23.1 Å². The van der Waals surface area contributed by atoms with Gasteiger partial charge in [0.05, 0.1) is 19.0 Å². The van der Waals surface area contributed by atoms with Gasteiger partial charge in [0.2, 0.25) is 17.8 Å². The van der Waals surface area contributed by atoms with Gasteiger partial charge in [0.25, 0.3) is 5.91 Å². The Morgan fingerprint density at radius 2 is 1.90 bits per heavy atom. The Morgan fingerprint density at radius 1 is 1.12 bits per heavy atom. The summed E-state index contributed by atoms with van der Waals surface area (Å²) in [5, 5.41) is 6.32. The Bertz CT molecular complexity index is 1280. The standard InChI is InChI=1S/C29H39N7O4/c1-34(2)28(39)19-9-11-20(15-19)31-27(38)18-10-12-22(24(16-18)40-4)32-29-30-17-23-26(33-29)36(21-7-5-6-8-21)14-13-25(37)35(23)3/h10,12,16-17,19-21H,5-9,11,13-15H2,1-4H3,(H,31,38)(H,30,32,33)/t19-,20+/m0/s1. The van der Waals surface area contributed by atoms with E-state index in [4.69, 9.17) is 9.72 Å². The summed E-state index contributed by atoms with van der Waals surface area (Å²) >= 11 is 0. The van der Waals surface area contributed by atoms with Crippen molar-refractivity contribution in [2.24, 2.45) is 5.92 Å². The van der Waals surface area contributed by atoms with Crippen LogP contribution in [0.2, 0.25) is 0 Å². The van der Waals surface area contributed by atoms with Crippen LogP contribution in [-0.2, 0) is 9.59 Å². The van der Waals surface area contributed by atoms with Gasteiger partial charge in [-0.1, -0.05) is 12.8 Å². The molecule has 214 valence electrons. The van der Waals surface area contributed by atoms with Crippen molar-refractivity contribution >= 4 is 40.9 Å². The number of nitrogens with zero attached hydrogens (tertiary/aromatic N) is 5. The average Bonchev–Trinajstić information content (AvgIpc) is 3.63. The van der Waals surface area contributed by atoms with Crippen LogP contribution in [0.1, 0.15) is 61.7 Å². The van der Waals surface area contributed by atoms with Gasteiger partial charge in [-0.2, -0.15) is 4.98 Å². The highest BCUT2D eigenvalue weighted by molar-refractivity contribution is 5.97. The Morgan fingerprint density at radius 3 is 2.62 bits per heavy atom. The number of methoxy groups -OCH3 is 1. The van der Waals surface area contributed by atoms with Crippen LogP contribution in [0.3, 0.4) is 0 Å². The van der Waals surface area contributed by atoms with Crippen molar-refractivity contribution < 1.29 is 19.1 Å². The van der Waals surface area contributed by atoms with E-state index in [1.165, 1.54) is 12.8 Å². The van der Waals surface area contributed by atoms with Crippen molar-refractivity contribution in [2.75, 3.05) is 49.9 Å². The highest BCUT2D eigenvalue weighted by Gasteiger charge is 2.33. The van der Waals surface area contributed by atoms with Crippen LogP contribution in [0.5, 0.6) is 5.75 Å². The number of ether oxygens (including phenoxy) is 1. The number of hydrogen-bond acceptors (Lipinski definition) is 8. The lowest BCUT2D eigenvalue weighted by Gasteiger charge is -2.30. The van der Waals surface area contributed by atoms with Crippen LogP contribution in [0, 0.1) is 5.92 Å². The summed E-state index contributed by atoms with van der Waals surface area (Å²) in [6.45, 7) is 0.634. The molecule has 0 spiro atoms. The summed E-state index contributed by atoms with van der Waals surface area (Å²) in [5.41, 5.74) is 1.81. The number of carbonyl (C=O) groups is 3. The molecule has 2 atom stereocenters. The molecule has 2 N–H and O–H groups in total. The predicted octanol–water partition coefficient (Wildman–Crippen LogP) is 3.33. The monoisotopic (exact) mass is 549 g/mol. The molecule has 2 aliphatic carbocycles. The molecule has 40 heavy (non-hydrogen) atoms. The summed E-state index contributed by atoms with van der Waals surface area (Å²) in [6, 6.07) is 5.53. The predicted molar refractivity (Wildman–Crippen MR) is 153 cm³/mol. The minimum Gasteiger partial charge on any atom is -0.495 e. The molecule has 1 aliphatic heterocycles. The maximum absolute atomic E-state index is 13.0. The fourth-order valence-electron chi connectivity index (χ4n) is 6.10. The summed E-state index contributed by atoms with van der Waals surface area (Å²) in [7, 11) is 6.85. The van der Waals surface area contributed by atoms with Gasteiger partial charge < -0.3 is 30.1 Å². The van der Waals surface area contributed by atoms with Crippen LogP contribution in [0.15, 0.2) is 24.4 Å². The van der Waals surface area contributed by atoms with Gasteiger partial charge in [-0.15, -0.1) is 0 Å². The number of anilines is 4. The first kappa shape index (κ1) is 27.7. The van der Waals surface area contributed by atoms with Gasteiger partial charge in [-0.25, -0.2) is 4.98 Å². The van der Waals surface area contributed by atoms with E-state index in [1.807, 2.05) is 0 Å². The summed E-state index contributed by atoms with van der Waals surface area (Å²) < 4.78 is 5.61. The van der Waals surface area contributed by atoms with Gasteiger partial charge in [0, 0.05) is 57.7 Å². The van der Waals surface area contributed by atoms with E-state index < -0.39 is 0 Å². The van der Waals surface area contributed by atoms with Crippen molar-refractivity contribution in [2.45, 2.75) is 63.5 Å². The second kappa shape index (κ2) is 11.7. The molecule has 2 saturated carbocycles. The molecule has 0 unspecified atom stereocenters. The zero-order valence-electron chi connectivity index (χ0n) is 23.8. The lowest BCUT2D eigenvalue weighted by Crippen LogP contribution is -2.34. The van der Waals surface area contributed by atoms with Crippen LogP contribution in [-0.4, -0.2) is 79.5 Å². The van der Waals surface area contributed by atoms with E-state index in [0.717, 1.165) is 31.5 Å². The molecular weight excluding hydrogens is 510 g/mol. The normalized spacial score (nSPS) is 21.1. The van der Waals surface area contributed by atoms with Crippen LogP contribution >= 0.6 is 0 Å². The van der Waals surface area contributed by atoms with Crippen LogP contribution in [0.25, 0.3) is 0 Å². The molecule has 3 aliphatic rings. The number of fused-ring (bicyclic) bond motifs is 1. The number of aromatic nitrogens is 2. The van der Waals surface area contributed by atoms with E-state index in [-0.39, 0.29) is 29.7 Å². The number of carbonyl (C=O) groups excluding carboxylic acids is 3. The minimum atomic E-state index is -0.200. The molecule has 11 heteroatoms. The molecule has 3 amide bonds. The smallest absolute Gasteiger partial charge is 0.251 e. The van der Waals surface area contributed by atoms with Gasteiger partial charge in [-0.3, -0.25) is 14.4 Å². The number of amides is 3. The number of rotatable bonds is 7. The molecule has 1 aromatic carbocycles. The lowest BCUT2D eigenvalue weighted by molar-refractivity contribution is -0.132. The number of nitrogens with one attached hydrogen (secondary N) is 2. The molecule has 2 aromatic rings. The Hall–Kier alpha value is -3.89. The first-order chi connectivity index (χ1) is 19.2. The van der Waals surface area contributed by atoms with E-state index >= 15 is 0 Å². The molecule has 1 aromatic heterocycles. The molecule has 0 bridgehead atoms. The molecule has 2 heterocycles. The summed E-state index contributed by atoms with van der Waals surface area (Å²) in [5.74, 6) is 1.55. The maximum atomic E-state index is 13.0. The van der Waals surface area contributed by atoms with E-state index in [1.54, 1.807) is 62.4 Å². The number of benzene rings is 1. The minimum absolute atomic E-state index is 0.0361. The second-order valence-electron chi connectivity index (χ2n) is 11.2. The average molecular weight is 550 g/mol. The molecule has 5 rings (SSSR count). The fourth-order valence-corrected chi connectivity index (χ4v) is 6.10. The van der Waals surface area contributed by atoms with Gasteiger partial charge in [0.15, 0.2) is 5.82 Å². The van der Waals surface area contributed by atoms with E-state index in [9.17, 15) is 14.4 Å². The summed E-state index contributed by atoms with van der Waals surface area (Å²) in [4.78, 5) is 52.8. The van der Waals surface area contributed by atoms with Crippen LogP contribution < -0.4 is 25.2 Å². The highest BCUT2D eigenvalue weighted by atomic mass is 16.5. The lowest BCUT2D eigenvalue weighted by atomic mass is 10.1. The zero-order valence-corrected chi connectivity index (χ0v) is 23.8. The zero-order chi connectivity index (χ0) is 28.4. The molecule has 11 nitrogen and oxygen atoms in total. The van der Waals surface area contributed by atoms with Crippen molar-refractivity contribution in [3.05, 3.63) is 30.0 Å². The Kier molecular flexibility index (Phi) is 8.09. The molecule has 0 radical (unpaired) electrons. The summed E-state index contributed by atoms with van der Waals surface area (Å²) in [6.07, 6.45) is 8.89. The Balaban J connectivity index is 1.32. The van der Waals surface area contributed by atoms with E-state index in [2.05, 4.69) is 20.5 Å². The second-order valence-corrected chi connectivity index (χ2v) is 11.2. The van der Waals surface area contributed by atoms with Crippen molar-refractivity contribution in [3.8, 4) is 5.75 Å². The number of hydrogen-bond donors (Lipinski definition) is 2. The third-order valence-corrected chi connectivity index (χ3v) is 8.36. The first-order valence-corrected chi connectivity index (χ1v) is 14.1. The van der Waals surface area contributed by atoms with Gasteiger partial charge >= 0.3 is 0 Å².